The molecule has 1 unspecified atom stereocenters. The van der Waals surface area contributed by atoms with Crippen molar-refractivity contribution in [2.45, 2.75) is 86.5 Å². The van der Waals surface area contributed by atoms with E-state index >= 15 is 0 Å². The highest BCUT2D eigenvalue weighted by Gasteiger charge is 2.41. The van der Waals surface area contributed by atoms with Crippen molar-refractivity contribution in [3.8, 4) is 0 Å². The van der Waals surface area contributed by atoms with E-state index in [0.29, 0.717) is 10.8 Å². The third kappa shape index (κ3) is 5.02. The van der Waals surface area contributed by atoms with Gasteiger partial charge in [-0.2, -0.15) is 0 Å². The highest BCUT2D eigenvalue weighted by Crippen LogP contribution is 2.53. The maximum atomic E-state index is 11.8. The first kappa shape index (κ1) is 21.3. The molecule has 0 amide bonds. The van der Waals surface area contributed by atoms with Crippen molar-refractivity contribution in [2.24, 2.45) is 28.1 Å². The van der Waals surface area contributed by atoms with Crippen molar-refractivity contribution >= 4 is 5.97 Å². The molecule has 0 N–H and O–H groups in total. The Hall–Kier alpha value is -1.05. The molecular weight excluding hydrogens is 320 g/mol. The predicted octanol–water partition coefficient (Wildman–Crippen LogP) is 6.71. The number of allylic oxidation sites excluding steroid dienone is 3. The lowest BCUT2D eigenvalue weighted by Gasteiger charge is -2.46. The molecule has 26 heavy (non-hydrogen) atoms. The molecule has 0 aromatic rings. The van der Waals surface area contributed by atoms with Crippen LogP contribution >= 0.6 is 0 Å². The van der Waals surface area contributed by atoms with Gasteiger partial charge in [0.1, 0.15) is 0 Å². The van der Waals surface area contributed by atoms with Crippen LogP contribution in [0.1, 0.15) is 86.5 Å². The van der Waals surface area contributed by atoms with Gasteiger partial charge >= 0.3 is 5.97 Å². The average molecular weight is 361 g/mol. The fourth-order valence-electron chi connectivity index (χ4n) is 4.96. The Bertz CT molecular complexity index is 546. The van der Waals surface area contributed by atoms with Crippen LogP contribution in [0.4, 0.5) is 0 Å². The van der Waals surface area contributed by atoms with Gasteiger partial charge in [0, 0.05) is 11.5 Å². The van der Waals surface area contributed by atoms with Crippen molar-refractivity contribution in [2.75, 3.05) is 7.11 Å². The van der Waals surface area contributed by atoms with Gasteiger partial charge in [-0.1, -0.05) is 59.3 Å². The Morgan fingerprint density at radius 3 is 2.04 bits per heavy atom. The monoisotopic (exact) mass is 360 g/mol. The number of hydrogen-bond acceptors (Lipinski definition) is 2. The van der Waals surface area contributed by atoms with Crippen LogP contribution in [0, 0.1) is 28.1 Å². The quantitative estimate of drug-likeness (QED) is 0.317. The van der Waals surface area contributed by atoms with Gasteiger partial charge in [0.05, 0.1) is 7.11 Å². The first-order valence-electron chi connectivity index (χ1n) is 10.4. The summed E-state index contributed by atoms with van der Waals surface area (Å²) in [6.07, 6.45) is 14.8. The molecule has 0 radical (unpaired) electrons. The van der Waals surface area contributed by atoms with Crippen LogP contribution in [0.25, 0.3) is 0 Å². The Kier molecular flexibility index (Phi) is 6.46. The topological polar surface area (TPSA) is 26.3 Å². The zero-order valence-electron chi connectivity index (χ0n) is 18.2. The number of rotatable bonds is 3. The van der Waals surface area contributed by atoms with E-state index in [-0.39, 0.29) is 11.4 Å². The van der Waals surface area contributed by atoms with E-state index in [1.807, 2.05) is 0 Å². The molecule has 0 saturated heterocycles. The summed E-state index contributed by atoms with van der Waals surface area (Å²) in [4.78, 5) is 11.8. The van der Waals surface area contributed by atoms with E-state index in [0.717, 1.165) is 24.7 Å². The van der Waals surface area contributed by atoms with E-state index in [2.05, 4.69) is 53.7 Å². The fourth-order valence-corrected chi connectivity index (χ4v) is 4.96. The molecular formula is C24H40O2. The standard InChI is InChI=1S/C24H40O2/c1-22(2,3)18-8-10-20(11-9-18)24(17-14-21(25)26-7)15-12-19(13-16-24)23(4,5)6/h10,14,17-19H,8-9,11-13,15-16H2,1-7H3/b17-14+. The second-order valence-electron chi connectivity index (χ2n) is 10.7. The predicted molar refractivity (Wildman–Crippen MR) is 110 cm³/mol. The minimum absolute atomic E-state index is 0.0682. The molecule has 2 aliphatic rings. The molecule has 1 fully saturated rings. The van der Waals surface area contributed by atoms with Gasteiger partial charge in [-0.3, -0.25) is 0 Å². The second-order valence-corrected chi connectivity index (χ2v) is 10.7. The van der Waals surface area contributed by atoms with Gasteiger partial charge in [-0.15, -0.1) is 0 Å². The molecule has 148 valence electrons. The minimum Gasteiger partial charge on any atom is -0.466 e. The summed E-state index contributed by atoms with van der Waals surface area (Å²) in [5, 5.41) is 0. The summed E-state index contributed by atoms with van der Waals surface area (Å²) in [6, 6.07) is 0. The average Bonchev–Trinajstić information content (AvgIpc) is 2.58. The summed E-state index contributed by atoms with van der Waals surface area (Å²) in [5.74, 6) is 1.30. The first-order chi connectivity index (χ1) is 12.0. The highest BCUT2D eigenvalue weighted by molar-refractivity contribution is 5.82. The van der Waals surface area contributed by atoms with E-state index in [4.69, 9.17) is 4.74 Å². The normalized spacial score (nSPS) is 31.0. The van der Waals surface area contributed by atoms with E-state index in [1.54, 1.807) is 11.6 Å². The number of hydrogen-bond donors (Lipinski definition) is 0. The van der Waals surface area contributed by atoms with Gasteiger partial charge in [-0.25, -0.2) is 4.79 Å². The van der Waals surface area contributed by atoms with Crippen LogP contribution in [-0.2, 0) is 9.53 Å². The van der Waals surface area contributed by atoms with Crippen LogP contribution in [0.15, 0.2) is 23.8 Å². The summed E-state index contributed by atoms with van der Waals surface area (Å²) < 4.78 is 4.87. The molecule has 2 heteroatoms. The van der Waals surface area contributed by atoms with E-state index < -0.39 is 0 Å². The van der Waals surface area contributed by atoms with Crippen LogP contribution < -0.4 is 0 Å². The number of esters is 1. The molecule has 1 atom stereocenters. The summed E-state index contributed by atoms with van der Waals surface area (Å²) in [5.41, 5.74) is 2.39. The largest absolute Gasteiger partial charge is 0.466 e. The maximum Gasteiger partial charge on any atom is 0.330 e. The van der Waals surface area contributed by atoms with Crippen molar-refractivity contribution < 1.29 is 9.53 Å². The summed E-state index contributed by atoms with van der Waals surface area (Å²) in [6.45, 7) is 14.2. The third-order valence-corrected chi connectivity index (χ3v) is 7.12. The lowest BCUT2D eigenvalue weighted by molar-refractivity contribution is -0.134. The summed E-state index contributed by atoms with van der Waals surface area (Å²) in [7, 11) is 1.46. The molecule has 2 aliphatic carbocycles. The molecule has 0 aliphatic heterocycles. The number of ether oxygens (including phenoxy) is 1. The van der Waals surface area contributed by atoms with Crippen LogP contribution in [0.3, 0.4) is 0 Å². The van der Waals surface area contributed by atoms with Crippen molar-refractivity contribution in [1.82, 2.24) is 0 Å². The lowest BCUT2D eigenvalue weighted by atomic mass is 9.59. The molecule has 2 rings (SSSR count). The SMILES string of the molecule is COC(=O)/C=C/C1(C2=CCC(C(C)(C)C)CC2)CCC(C(C)(C)C)CC1. The van der Waals surface area contributed by atoms with Crippen LogP contribution in [0.5, 0.6) is 0 Å². The minimum atomic E-state index is -0.230. The molecule has 0 heterocycles. The highest BCUT2D eigenvalue weighted by atomic mass is 16.5. The Morgan fingerprint density at radius 2 is 1.62 bits per heavy atom. The molecule has 0 bridgehead atoms. The fraction of sp³-hybridized carbons (Fsp3) is 0.792. The van der Waals surface area contributed by atoms with Gasteiger partial charge in [0.15, 0.2) is 0 Å². The first-order valence-corrected chi connectivity index (χ1v) is 10.4. The smallest absolute Gasteiger partial charge is 0.330 e. The molecule has 0 aromatic carbocycles. The Balaban J connectivity index is 2.22. The molecule has 0 aromatic heterocycles. The zero-order chi connectivity index (χ0) is 19.6. The van der Waals surface area contributed by atoms with Crippen molar-refractivity contribution in [1.29, 1.82) is 0 Å². The van der Waals surface area contributed by atoms with E-state index in [1.165, 1.54) is 39.2 Å². The molecule has 0 spiro atoms. The van der Waals surface area contributed by atoms with Gasteiger partial charge in [0.25, 0.3) is 0 Å². The van der Waals surface area contributed by atoms with Gasteiger partial charge < -0.3 is 4.74 Å². The van der Waals surface area contributed by atoms with Crippen molar-refractivity contribution in [3.63, 3.8) is 0 Å². The second kappa shape index (κ2) is 7.90. The molecule has 2 nitrogen and oxygen atoms in total. The summed E-state index contributed by atoms with van der Waals surface area (Å²) >= 11 is 0. The van der Waals surface area contributed by atoms with Crippen molar-refractivity contribution in [3.05, 3.63) is 23.8 Å². The third-order valence-electron chi connectivity index (χ3n) is 7.12. The molecule has 1 saturated carbocycles. The number of carbonyl (C=O) groups is 1. The lowest BCUT2D eigenvalue weighted by Crippen LogP contribution is -2.34. The maximum absolute atomic E-state index is 11.8. The zero-order valence-corrected chi connectivity index (χ0v) is 18.2. The number of carbonyl (C=O) groups excluding carboxylic acids is 1. The van der Waals surface area contributed by atoms with Gasteiger partial charge in [0.2, 0.25) is 0 Å². The van der Waals surface area contributed by atoms with E-state index in [9.17, 15) is 4.79 Å². The number of methoxy groups -OCH3 is 1. The van der Waals surface area contributed by atoms with Crippen LogP contribution in [-0.4, -0.2) is 13.1 Å². The van der Waals surface area contributed by atoms with Gasteiger partial charge in [-0.05, 0) is 67.6 Å². The van der Waals surface area contributed by atoms with Crippen LogP contribution in [0.2, 0.25) is 0 Å². The Labute approximate surface area is 161 Å². The Morgan fingerprint density at radius 1 is 1.04 bits per heavy atom.